The Kier molecular flexibility index (Phi) is 5.36. The van der Waals surface area contributed by atoms with E-state index in [1.54, 1.807) is 6.20 Å². The number of benzene rings is 1. The number of hydrogen-bond donors (Lipinski definition) is 2. The summed E-state index contributed by atoms with van der Waals surface area (Å²) in [7, 11) is 0. The molecule has 2 heterocycles. The Morgan fingerprint density at radius 3 is 2.78 bits per heavy atom. The van der Waals surface area contributed by atoms with Gasteiger partial charge in [0.05, 0.1) is 18.1 Å². The van der Waals surface area contributed by atoms with Crippen molar-refractivity contribution in [2.75, 3.05) is 5.32 Å². The second-order valence-corrected chi connectivity index (χ2v) is 5.86. The zero-order valence-corrected chi connectivity index (χ0v) is 14.9. The molecule has 0 fully saturated rings. The average Bonchev–Trinajstić information content (AvgIpc) is 3.26. The number of rotatable bonds is 7. The van der Waals surface area contributed by atoms with Gasteiger partial charge in [-0.05, 0) is 29.0 Å². The first-order valence-electron chi connectivity index (χ1n) is 7.91. The SMILES string of the molecule is CCc1ccc(OCn2cc(NC(=O)c3n[nH]c([N+](=O)[O-])c3Cl)cn2)cc1. The van der Waals surface area contributed by atoms with Crippen LogP contribution >= 0.6 is 11.6 Å². The van der Waals surface area contributed by atoms with E-state index in [4.69, 9.17) is 16.3 Å². The lowest BCUT2D eigenvalue weighted by molar-refractivity contribution is -0.389. The summed E-state index contributed by atoms with van der Waals surface area (Å²) in [5.41, 5.74) is 1.30. The monoisotopic (exact) mass is 390 g/mol. The van der Waals surface area contributed by atoms with Crippen LogP contribution in [0.1, 0.15) is 23.0 Å². The largest absolute Gasteiger partial charge is 0.471 e. The summed E-state index contributed by atoms with van der Waals surface area (Å²) in [6, 6.07) is 7.71. The van der Waals surface area contributed by atoms with Crippen molar-refractivity contribution in [3.05, 3.63) is 63.1 Å². The molecular formula is C16H15ClN6O4. The molecule has 0 spiro atoms. The summed E-state index contributed by atoms with van der Waals surface area (Å²) in [4.78, 5) is 22.1. The van der Waals surface area contributed by atoms with Crippen molar-refractivity contribution in [3.63, 3.8) is 0 Å². The van der Waals surface area contributed by atoms with E-state index in [0.717, 1.165) is 6.42 Å². The minimum atomic E-state index is -0.755. The Hall–Kier alpha value is -3.40. The number of aromatic nitrogens is 4. The maximum Gasteiger partial charge on any atom is 0.362 e. The second-order valence-electron chi connectivity index (χ2n) is 5.49. The zero-order chi connectivity index (χ0) is 19.4. The van der Waals surface area contributed by atoms with Crippen LogP contribution in [-0.2, 0) is 13.2 Å². The molecule has 2 aromatic heterocycles. The van der Waals surface area contributed by atoms with Crippen LogP contribution in [-0.4, -0.2) is 30.8 Å². The van der Waals surface area contributed by atoms with E-state index in [9.17, 15) is 14.9 Å². The van der Waals surface area contributed by atoms with E-state index in [1.165, 1.54) is 16.4 Å². The lowest BCUT2D eigenvalue weighted by atomic mass is 10.2. The van der Waals surface area contributed by atoms with Crippen LogP contribution in [0, 0.1) is 10.1 Å². The van der Waals surface area contributed by atoms with Gasteiger partial charge in [-0.2, -0.15) is 5.10 Å². The minimum Gasteiger partial charge on any atom is -0.471 e. The van der Waals surface area contributed by atoms with E-state index < -0.39 is 16.6 Å². The Labute approximate surface area is 158 Å². The van der Waals surface area contributed by atoms with Gasteiger partial charge in [0.1, 0.15) is 5.75 Å². The molecule has 0 aliphatic carbocycles. The standard InChI is InChI=1S/C16H15ClN6O4/c1-2-10-3-5-12(6-4-10)27-9-22-8-11(7-18-22)19-16(24)14-13(17)15(21-20-14)23(25)26/h3-8H,2,9H2,1H3,(H,19,24)(H,20,21). The highest BCUT2D eigenvalue weighted by Gasteiger charge is 2.25. The predicted molar refractivity (Wildman–Crippen MR) is 96.9 cm³/mol. The van der Waals surface area contributed by atoms with Gasteiger partial charge in [-0.15, -0.1) is 5.10 Å². The van der Waals surface area contributed by atoms with Gasteiger partial charge in [-0.1, -0.05) is 35.8 Å². The molecule has 0 atom stereocenters. The van der Waals surface area contributed by atoms with Crippen LogP contribution in [0.25, 0.3) is 0 Å². The van der Waals surface area contributed by atoms with Gasteiger partial charge >= 0.3 is 5.82 Å². The summed E-state index contributed by atoms with van der Waals surface area (Å²) in [5.74, 6) is -0.538. The Morgan fingerprint density at radius 2 is 2.15 bits per heavy atom. The Balaban J connectivity index is 1.60. The van der Waals surface area contributed by atoms with Gasteiger partial charge in [-0.3, -0.25) is 4.79 Å². The quantitative estimate of drug-likeness (QED) is 0.471. The molecule has 0 aliphatic rings. The number of carbonyl (C=O) groups excluding carboxylic acids is 1. The third kappa shape index (κ3) is 4.23. The maximum absolute atomic E-state index is 12.2. The first-order chi connectivity index (χ1) is 13.0. The highest BCUT2D eigenvalue weighted by Crippen LogP contribution is 2.25. The molecule has 27 heavy (non-hydrogen) atoms. The van der Waals surface area contributed by atoms with Crippen molar-refractivity contribution >= 4 is 29.0 Å². The van der Waals surface area contributed by atoms with Gasteiger partial charge < -0.3 is 20.2 Å². The first-order valence-corrected chi connectivity index (χ1v) is 8.29. The van der Waals surface area contributed by atoms with Crippen molar-refractivity contribution in [1.82, 2.24) is 20.0 Å². The number of hydrogen-bond acceptors (Lipinski definition) is 6. The smallest absolute Gasteiger partial charge is 0.362 e. The third-order valence-corrected chi connectivity index (χ3v) is 4.03. The molecule has 3 rings (SSSR count). The van der Waals surface area contributed by atoms with E-state index in [2.05, 4.69) is 27.5 Å². The van der Waals surface area contributed by atoms with Crippen molar-refractivity contribution in [3.8, 4) is 5.75 Å². The number of nitro groups is 1. The van der Waals surface area contributed by atoms with E-state index in [-0.39, 0.29) is 17.4 Å². The molecule has 0 saturated carbocycles. The summed E-state index contributed by atoms with van der Waals surface area (Å²) in [6.07, 6.45) is 3.91. The molecule has 3 aromatic rings. The van der Waals surface area contributed by atoms with Gasteiger partial charge in [0.15, 0.2) is 17.4 Å². The number of aryl methyl sites for hydroxylation is 1. The normalized spacial score (nSPS) is 10.6. The van der Waals surface area contributed by atoms with Gasteiger partial charge in [-0.25, -0.2) is 4.68 Å². The minimum absolute atomic E-state index is 0.149. The molecule has 0 aliphatic heterocycles. The number of amides is 1. The van der Waals surface area contributed by atoms with E-state index in [0.29, 0.717) is 11.4 Å². The number of carbonyl (C=O) groups is 1. The molecule has 1 amide bonds. The van der Waals surface area contributed by atoms with Crippen LogP contribution in [0.3, 0.4) is 0 Å². The fourth-order valence-corrected chi connectivity index (χ4v) is 2.48. The molecule has 0 unspecified atom stereocenters. The van der Waals surface area contributed by atoms with Crippen LogP contribution in [0.5, 0.6) is 5.75 Å². The molecule has 10 nitrogen and oxygen atoms in total. The van der Waals surface area contributed by atoms with Crippen molar-refractivity contribution in [2.24, 2.45) is 0 Å². The summed E-state index contributed by atoms with van der Waals surface area (Å²) in [6.45, 7) is 2.22. The predicted octanol–water partition coefficient (Wildman–Crippen LogP) is 3.02. The number of nitrogens with zero attached hydrogens (tertiary/aromatic N) is 4. The van der Waals surface area contributed by atoms with Crippen LogP contribution in [0.15, 0.2) is 36.7 Å². The molecule has 0 bridgehead atoms. The van der Waals surface area contributed by atoms with Gasteiger partial charge in [0.25, 0.3) is 5.91 Å². The molecule has 0 radical (unpaired) electrons. The first kappa shape index (κ1) is 18.4. The average molecular weight is 391 g/mol. The Bertz CT molecular complexity index is 966. The number of nitrogens with one attached hydrogen (secondary N) is 2. The van der Waals surface area contributed by atoms with Crippen LogP contribution in [0.2, 0.25) is 5.02 Å². The lowest BCUT2D eigenvalue weighted by Crippen LogP contribution is -2.12. The summed E-state index contributed by atoms with van der Waals surface area (Å²) in [5, 5.41) is 22.6. The van der Waals surface area contributed by atoms with Crippen molar-refractivity contribution in [2.45, 2.75) is 20.1 Å². The van der Waals surface area contributed by atoms with Crippen LogP contribution in [0.4, 0.5) is 11.5 Å². The molecule has 11 heteroatoms. The Morgan fingerprint density at radius 1 is 1.41 bits per heavy atom. The van der Waals surface area contributed by atoms with E-state index >= 15 is 0 Å². The lowest BCUT2D eigenvalue weighted by Gasteiger charge is -2.06. The number of H-pyrrole nitrogens is 1. The zero-order valence-electron chi connectivity index (χ0n) is 14.2. The highest BCUT2D eigenvalue weighted by molar-refractivity contribution is 6.35. The van der Waals surface area contributed by atoms with E-state index in [1.807, 2.05) is 24.3 Å². The van der Waals surface area contributed by atoms with Crippen LogP contribution < -0.4 is 10.1 Å². The molecule has 0 saturated heterocycles. The summed E-state index contributed by atoms with van der Waals surface area (Å²) >= 11 is 5.79. The van der Waals surface area contributed by atoms with Gasteiger partial charge in [0.2, 0.25) is 0 Å². The second kappa shape index (κ2) is 7.87. The molecular weight excluding hydrogens is 376 g/mol. The van der Waals surface area contributed by atoms with Crippen molar-refractivity contribution in [1.29, 1.82) is 0 Å². The number of ether oxygens (including phenoxy) is 1. The maximum atomic E-state index is 12.2. The third-order valence-electron chi connectivity index (χ3n) is 3.67. The van der Waals surface area contributed by atoms with Gasteiger partial charge in [0, 0.05) is 0 Å². The number of aromatic amines is 1. The topological polar surface area (TPSA) is 128 Å². The summed E-state index contributed by atoms with van der Waals surface area (Å²) < 4.78 is 7.10. The van der Waals surface area contributed by atoms with Crippen molar-refractivity contribution < 1.29 is 14.5 Å². The molecule has 140 valence electrons. The number of anilines is 1. The highest BCUT2D eigenvalue weighted by atomic mass is 35.5. The molecule has 2 N–H and O–H groups in total. The number of halogens is 1. The fraction of sp³-hybridized carbons (Fsp3) is 0.188. The molecule has 1 aromatic carbocycles. The fourth-order valence-electron chi connectivity index (χ4n) is 2.24.